The van der Waals surface area contributed by atoms with Crippen LogP contribution in [0.3, 0.4) is 0 Å². The Morgan fingerprint density at radius 2 is 1.94 bits per heavy atom. The van der Waals surface area contributed by atoms with Crippen LogP contribution < -0.4 is 10.5 Å². The molecule has 0 fully saturated rings. The van der Waals surface area contributed by atoms with Crippen molar-refractivity contribution in [2.75, 3.05) is 6.26 Å². The zero-order valence-corrected chi connectivity index (χ0v) is 10.8. The van der Waals surface area contributed by atoms with Crippen molar-refractivity contribution in [2.24, 2.45) is 5.73 Å². The molecule has 96 valence electrons. The van der Waals surface area contributed by atoms with E-state index < -0.39 is 22.3 Å². The third-order valence-electron chi connectivity index (χ3n) is 2.18. The van der Waals surface area contributed by atoms with Crippen LogP contribution in [-0.2, 0) is 21.4 Å². The molecule has 0 saturated heterocycles. The number of rotatable bonds is 6. The lowest BCUT2D eigenvalue weighted by Gasteiger charge is -2.20. The van der Waals surface area contributed by atoms with E-state index in [0.717, 1.165) is 11.8 Å². The highest BCUT2D eigenvalue weighted by Crippen LogP contribution is 2.03. The van der Waals surface area contributed by atoms with Gasteiger partial charge in [0.05, 0.1) is 18.9 Å². The van der Waals surface area contributed by atoms with Gasteiger partial charge in [0.25, 0.3) is 0 Å². The summed E-state index contributed by atoms with van der Waals surface area (Å²) in [6.45, 7) is 2.02. The molecule has 0 spiro atoms. The van der Waals surface area contributed by atoms with Crippen molar-refractivity contribution >= 4 is 10.0 Å². The molecule has 0 aliphatic heterocycles. The Kier molecular flexibility index (Phi) is 5.07. The molecule has 2 atom stereocenters. The first kappa shape index (κ1) is 14.1. The predicted molar refractivity (Wildman–Crippen MR) is 66.6 cm³/mol. The topological polar surface area (TPSA) is 81.4 Å². The maximum Gasteiger partial charge on any atom is 0.209 e. The van der Waals surface area contributed by atoms with Crippen molar-refractivity contribution < 1.29 is 13.2 Å². The fourth-order valence-corrected chi connectivity index (χ4v) is 2.13. The highest BCUT2D eigenvalue weighted by atomic mass is 32.2. The van der Waals surface area contributed by atoms with E-state index in [1.807, 2.05) is 30.3 Å². The summed E-state index contributed by atoms with van der Waals surface area (Å²) in [7, 11) is -3.26. The lowest BCUT2D eigenvalue weighted by atomic mass is 10.2. The van der Waals surface area contributed by atoms with E-state index in [1.165, 1.54) is 0 Å². The summed E-state index contributed by atoms with van der Waals surface area (Å²) >= 11 is 0. The Labute approximate surface area is 102 Å². The van der Waals surface area contributed by atoms with Gasteiger partial charge >= 0.3 is 0 Å². The van der Waals surface area contributed by atoms with E-state index >= 15 is 0 Å². The average molecular weight is 258 g/mol. The normalized spacial score (nSPS) is 15.5. The fourth-order valence-electron chi connectivity index (χ4n) is 1.32. The summed E-state index contributed by atoms with van der Waals surface area (Å²) in [5.74, 6) is 0. The van der Waals surface area contributed by atoms with Gasteiger partial charge in [0.2, 0.25) is 10.0 Å². The summed E-state index contributed by atoms with van der Waals surface area (Å²) in [6, 6.07) is 9.10. The van der Waals surface area contributed by atoms with Gasteiger partial charge in [0.1, 0.15) is 6.23 Å². The number of benzene rings is 1. The van der Waals surface area contributed by atoms with Crippen LogP contribution in [0.1, 0.15) is 12.5 Å². The molecule has 1 aromatic carbocycles. The van der Waals surface area contributed by atoms with E-state index in [9.17, 15) is 8.42 Å². The zero-order valence-electron chi connectivity index (χ0n) is 9.96. The summed E-state index contributed by atoms with van der Waals surface area (Å²) in [6.07, 6.45) is 0.415. The van der Waals surface area contributed by atoms with Crippen LogP contribution in [0, 0.1) is 0 Å². The SMILES string of the molecule is C[C@H](NS(C)(=O)=O)C(N)OCc1ccccc1. The molecular formula is C11H18N2O3S. The Balaban J connectivity index is 2.42. The third kappa shape index (κ3) is 5.78. The maximum absolute atomic E-state index is 11.0. The number of ether oxygens (including phenoxy) is 1. The first-order chi connectivity index (χ1) is 7.88. The molecule has 0 radical (unpaired) electrons. The molecular weight excluding hydrogens is 240 g/mol. The molecule has 0 aromatic heterocycles. The lowest BCUT2D eigenvalue weighted by molar-refractivity contribution is 0.0281. The van der Waals surface area contributed by atoms with Gasteiger partial charge in [-0.25, -0.2) is 13.1 Å². The molecule has 6 heteroatoms. The molecule has 3 N–H and O–H groups in total. The van der Waals surface area contributed by atoms with E-state index in [0.29, 0.717) is 6.61 Å². The van der Waals surface area contributed by atoms with Gasteiger partial charge in [-0.2, -0.15) is 0 Å². The van der Waals surface area contributed by atoms with Crippen molar-refractivity contribution in [3.8, 4) is 0 Å². The van der Waals surface area contributed by atoms with Gasteiger partial charge in [-0.15, -0.1) is 0 Å². The second-order valence-electron chi connectivity index (χ2n) is 3.94. The molecule has 17 heavy (non-hydrogen) atoms. The molecule has 0 saturated carbocycles. The first-order valence-corrected chi connectivity index (χ1v) is 7.16. The lowest BCUT2D eigenvalue weighted by Crippen LogP contribution is -2.46. The van der Waals surface area contributed by atoms with Crippen molar-refractivity contribution in [2.45, 2.75) is 25.8 Å². The van der Waals surface area contributed by atoms with Crippen LogP contribution in [-0.4, -0.2) is 26.9 Å². The van der Waals surface area contributed by atoms with Gasteiger partial charge < -0.3 is 10.5 Å². The van der Waals surface area contributed by atoms with Gasteiger partial charge in [-0.3, -0.25) is 0 Å². The number of hydrogen-bond donors (Lipinski definition) is 2. The third-order valence-corrected chi connectivity index (χ3v) is 2.98. The second kappa shape index (κ2) is 6.11. The Morgan fingerprint density at radius 3 is 2.47 bits per heavy atom. The van der Waals surface area contributed by atoms with Crippen molar-refractivity contribution in [1.29, 1.82) is 0 Å². The average Bonchev–Trinajstić information content (AvgIpc) is 2.25. The van der Waals surface area contributed by atoms with E-state index in [4.69, 9.17) is 10.5 Å². The van der Waals surface area contributed by atoms with Crippen molar-refractivity contribution in [3.63, 3.8) is 0 Å². The largest absolute Gasteiger partial charge is 0.357 e. The molecule has 0 aliphatic rings. The van der Waals surface area contributed by atoms with Gasteiger partial charge in [0.15, 0.2) is 0 Å². The number of hydrogen-bond acceptors (Lipinski definition) is 4. The Hall–Kier alpha value is -0.950. The highest BCUT2D eigenvalue weighted by molar-refractivity contribution is 7.88. The van der Waals surface area contributed by atoms with Crippen LogP contribution >= 0.6 is 0 Å². The standard InChI is InChI=1S/C11H18N2O3S/c1-9(13-17(2,14)15)11(12)16-8-10-6-4-3-5-7-10/h3-7,9,11,13H,8,12H2,1-2H3/t9-,11?/m0/s1. The van der Waals surface area contributed by atoms with Gasteiger partial charge in [0, 0.05) is 0 Å². The molecule has 0 heterocycles. The molecule has 1 aromatic rings. The minimum absolute atomic E-state index is 0.359. The number of nitrogens with one attached hydrogen (secondary N) is 1. The zero-order chi connectivity index (χ0) is 12.9. The molecule has 1 rings (SSSR count). The molecule has 1 unspecified atom stereocenters. The van der Waals surface area contributed by atoms with E-state index in [-0.39, 0.29) is 0 Å². The summed E-state index contributed by atoms with van der Waals surface area (Å²) in [5, 5.41) is 0. The fraction of sp³-hybridized carbons (Fsp3) is 0.455. The predicted octanol–water partition coefficient (Wildman–Crippen LogP) is 0.426. The second-order valence-corrected chi connectivity index (χ2v) is 5.72. The molecule has 0 amide bonds. The highest BCUT2D eigenvalue weighted by Gasteiger charge is 2.16. The molecule has 0 aliphatic carbocycles. The van der Waals surface area contributed by atoms with Crippen LogP contribution in [0.5, 0.6) is 0 Å². The van der Waals surface area contributed by atoms with E-state index in [1.54, 1.807) is 6.92 Å². The maximum atomic E-state index is 11.0. The van der Waals surface area contributed by atoms with Crippen LogP contribution in [0.15, 0.2) is 30.3 Å². The molecule has 5 nitrogen and oxygen atoms in total. The Morgan fingerprint density at radius 1 is 1.35 bits per heavy atom. The smallest absolute Gasteiger partial charge is 0.209 e. The minimum Gasteiger partial charge on any atom is -0.357 e. The Bertz CT molecular complexity index is 433. The van der Waals surface area contributed by atoms with Crippen LogP contribution in [0.4, 0.5) is 0 Å². The summed E-state index contributed by atoms with van der Waals surface area (Å²) in [4.78, 5) is 0. The number of sulfonamides is 1. The van der Waals surface area contributed by atoms with Crippen molar-refractivity contribution in [3.05, 3.63) is 35.9 Å². The van der Waals surface area contributed by atoms with Crippen LogP contribution in [0.2, 0.25) is 0 Å². The minimum atomic E-state index is -3.26. The van der Waals surface area contributed by atoms with Crippen molar-refractivity contribution in [1.82, 2.24) is 4.72 Å². The van der Waals surface area contributed by atoms with Gasteiger partial charge in [-0.05, 0) is 12.5 Å². The monoisotopic (exact) mass is 258 g/mol. The van der Waals surface area contributed by atoms with Crippen LogP contribution in [0.25, 0.3) is 0 Å². The first-order valence-electron chi connectivity index (χ1n) is 5.27. The van der Waals surface area contributed by atoms with E-state index in [2.05, 4.69) is 4.72 Å². The summed E-state index contributed by atoms with van der Waals surface area (Å²) in [5.41, 5.74) is 6.72. The van der Waals surface area contributed by atoms with Gasteiger partial charge in [-0.1, -0.05) is 30.3 Å². The number of nitrogens with two attached hydrogens (primary N) is 1. The summed E-state index contributed by atoms with van der Waals surface area (Å²) < 4.78 is 29.8. The molecule has 0 bridgehead atoms. The quantitative estimate of drug-likeness (QED) is 0.725.